The average molecular weight is 590 g/mol. The highest BCUT2D eigenvalue weighted by atomic mass is 79.9. The van der Waals surface area contributed by atoms with Gasteiger partial charge in [-0.3, -0.25) is 9.10 Å². The number of aryl methyl sites for hydroxylation is 1. The Bertz CT molecular complexity index is 1390. The number of sulfonamides is 1. The summed E-state index contributed by atoms with van der Waals surface area (Å²) < 4.78 is 39.6. The summed E-state index contributed by atoms with van der Waals surface area (Å²) in [4.78, 5) is 14.8. The van der Waals surface area contributed by atoms with Crippen LogP contribution in [0.4, 0.5) is 11.4 Å². The molecule has 0 heterocycles. The summed E-state index contributed by atoms with van der Waals surface area (Å²) >= 11 is 3.51. The van der Waals surface area contributed by atoms with Crippen LogP contribution in [0.3, 0.4) is 0 Å². The number of rotatable bonds is 10. The van der Waals surface area contributed by atoms with Crippen molar-refractivity contribution in [3.05, 3.63) is 76.3 Å². The van der Waals surface area contributed by atoms with Gasteiger partial charge in [0.15, 0.2) is 11.5 Å². The smallest absolute Gasteiger partial charge is 0.264 e. The van der Waals surface area contributed by atoms with E-state index in [2.05, 4.69) is 26.5 Å². The first kappa shape index (κ1) is 28.0. The van der Waals surface area contributed by atoms with Gasteiger partial charge < -0.3 is 14.4 Å². The van der Waals surface area contributed by atoms with Gasteiger partial charge in [-0.25, -0.2) is 13.8 Å². The quantitative estimate of drug-likeness (QED) is 0.281. The van der Waals surface area contributed by atoms with Crippen molar-refractivity contribution in [2.75, 3.05) is 44.1 Å². The molecule has 0 spiro atoms. The molecule has 0 aromatic heterocycles. The molecule has 0 aliphatic carbocycles. The maximum Gasteiger partial charge on any atom is 0.264 e. The molecule has 0 saturated carbocycles. The van der Waals surface area contributed by atoms with Crippen LogP contribution in [0.15, 0.2) is 75.1 Å². The number of carbonyl (C=O) groups is 1. The summed E-state index contributed by atoms with van der Waals surface area (Å²) in [7, 11) is 2.71. The predicted molar refractivity (Wildman–Crippen MR) is 149 cm³/mol. The number of nitrogens with zero attached hydrogens (tertiary/aromatic N) is 3. The molecule has 0 aliphatic heterocycles. The van der Waals surface area contributed by atoms with Crippen LogP contribution in [-0.2, 0) is 14.8 Å². The number of hydrogen-bond acceptors (Lipinski definition) is 7. The third kappa shape index (κ3) is 6.80. The first-order chi connectivity index (χ1) is 17.6. The van der Waals surface area contributed by atoms with Crippen molar-refractivity contribution in [3.63, 3.8) is 0 Å². The minimum absolute atomic E-state index is 0.0509. The van der Waals surface area contributed by atoms with Crippen LogP contribution in [0.25, 0.3) is 0 Å². The Morgan fingerprint density at radius 3 is 2.27 bits per heavy atom. The Labute approximate surface area is 225 Å². The van der Waals surface area contributed by atoms with E-state index < -0.39 is 22.5 Å². The van der Waals surface area contributed by atoms with Gasteiger partial charge in [-0.2, -0.15) is 5.10 Å². The number of nitrogens with one attached hydrogen (secondary N) is 1. The fourth-order valence-electron chi connectivity index (χ4n) is 3.44. The second-order valence-corrected chi connectivity index (χ2v) is 11.0. The Kier molecular flexibility index (Phi) is 9.17. The number of anilines is 2. The Balaban J connectivity index is 1.88. The Morgan fingerprint density at radius 1 is 1.00 bits per heavy atom. The van der Waals surface area contributed by atoms with Crippen molar-refractivity contribution in [2.24, 2.45) is 5.10 Å². The molecule has 9 nitrogen and oxygen atoms in total. The zero-order valence-electron chi connectivity index (χ0n) is 21.2. The van der Waals surface area contributed by atoms with Gasteiger partial charge in [0.25, 0.3) is 15.9 Å². The van der Waals surface area contributed by atoms with E-state index in [0.29, 0.717) is 11.5 Å². The lowest BCUT2D eigenvalue weighted by molar-refractivity contribution is -0.119. The molecule has 37 heavy (non-hydrogen) atoms. The molecule has 0 aliphatic rings. The highest BCUT2D eigenvalue weighted by Crippen LogP contribution is 2.33. The maximum absolute atomic E-state index is 13.6. The molecule has 0 fully saturated rings. The van der Waals surface area contributed by atoms with E-state index in [4.69, 9.17) is 9.47 Å². The average Bonchev–Trinajstić information content (AvgIpc) is 2.87. The molecular weight excluding hydrogens is 560 g/mol. The summed E-state index contributed by atoms with van der Waals surface area (Å²) in [5, 5.41) is 4.01. The van der Waals surface area contributed by atoms with Crippen molar-refractivity contribution in [3.8, 4) is 11.5 Å². The van der Waals surface area contributed by atoms with Gasteiger partial charge in [-0.15, -0.1) is 0 Å². The third-order valence-corrected chi connectivity index (χ3v) is 7.83. The van der Waals surface area contributed by atoms with E-state index in [-0.39, 0.29) is 10.6 Å². The van der Waals surface area contributed by atoms with E-state index in [1.165, 1.54) is 38.6 Å². The Morgan fingerprint density at radius 2 is 1.68 bits per heavy atom. The molecule has 0 radical (unpaired) electrons. The Hall–Kier alpha value is -3.57. The van der Waals surface area contributed by atoms with Crippen molar-refractivity contribution in [1.29, 1.82) is 0 Å². The molecule has 1 N–H and O–H groups in total. The predicted octanol–water partition coefficient (Wildman–Crippen LogP) is 4.19. The zero-order valence-corrected chi connectivity index (χ0v) is 23.6. The van der Waals surface area contributed by atoms with Crippen molar-refractivity contribution in [1.82, 2.24) is 5.43 Å². The van der Waals surface area contributed by atoms with Gasteiger partial charge in [0, 0.05) is 24.6 Å². The van der Waals surface area contributed by atoms with Crippen LogP contribution in [0.5, 0.6) is 11.5 Å². The SMILES string of the molecule is COc1ccc(N(CC(=O)NN=Cc2ccc(N(C)C)c(Br)c2)S(=O)(=O)c2ccc(C)cc2)cc1OC. The number of carbonyl (C=O) groups excluding carboxylic acids is 1. The van der Waals surface area contributed by atoms with E-state index in [1.807, 2.05) is 44.1 Å². The van der Waals surface area contributed by atoms with Crippen molar-refractivity contribution >= 4 is 49.4 Å². The molecule has 3 rings (SSSR count). The largest absolute Gasteiger partial charge is 0.493 e. The van der Waals surface area contributed by atoms with Gasteiger partial charge in [-0.05, 0) is 64.8 Å². The van der Waals surface area contributed by atoms with E-state index in [1.54, 1.807) is 24.3 Å². The lowest BCUT2D eigenvalue weighted by Crippen LogP contribution is -2.39. The summed E-state index contributed by atoms with van der Waals surface area (Å²) in [6.45, 7) is 1.35. The van der Waals surface area contributed by atoms with Crippen LogP contribution in [0, 0.1) is 6.92 Å². The first-order valence-corrected chi connectivity index (χ1v) is 13.4. The fraction of sp³-hybridized carbons (Fsp3) is 0.231. The molecule has 0 bridgehead atoms. The summed E-state index contributed by atoms with van der Waals surface area (Å²) in [6.07, 6.45) is 1.48. The van der Waals surface area contributed by atoms with Crippen LogP contribution in [0.2, 0.25) is 0 Å². The summed E-state index contributed by atoms with van der Waals surface area (Å²) in [5.74, 6) is 0.138. The number of ether oxygens (including phenoxy) is 2. The van der Waals surface area contributed by atoms with Crippen molar-refractivity contribution < 1.29 is 22.7 Å². The fourth-order valence-corrected chi connectivity index (χ4v) is 5.61. The highest BCUT2D eigenvalue weighted by Gasteiger charge is 2.28. The van der Waals surface area contributed by atoms with Crippen LogP contribution >= 0.6 is 15.9 Å². The molecule has 1 amide bonds. The lowest BCUT2D eigenvalue weighted by Gasteiger charge is -2.24. The second-order valence-electron chi connectivity index (χ2n) is 8.26. The standard InChI is InChI=1S/C26H29BrN4O5S/c1-18-6-10-21(11-7-18)37(33,34)31(20-9-13-24(35-4)25(15-20)36-5)17-26(32)29-28-16-19-8-12-23(30(2)3)22(27)14-19/h6-16H,17H2,1-5H3,(H,29,32). The number of amides is 1. The van der Waals surface area contributed by atoms with E-state index in [9.17, 15) is 13.2 Å². The number of benzene rings is 3. The third-order valence-electron chi connectivity index (χ3n) is 5.41. The van der Waals surface area contributed by atoms with Gasteiger partial charge in [0.2, 0.25) is 0 Å². The molecule has 3 aromatic carbocycles. The monoisotopic (exact) mass is 588 g/mol. The first-order valence-electron chi connectivity index (χ1n) is 11.2. The zero-order chi connectivity index (χ0) is 27.2. The number of hydrazone groups is 1. The van der Waals surface area contributed by atoms with Crippen molar-refractivity contribution in [2.45, 2.75) is 11.8 Å². The minimum atomic E-state index is -4.09. The van der Waals surface area contributed by atoms with Gasteiger partial charge in [-0.1, -0.05) is 23.8 Å². The summed E-state index contributed by atoms with van der Waals surface area (Å²) in [5.41, 5.74) is 5.31. The molecular formula is C26H29BrN4O5S. The normalized spacial score (nSPS) is 11.3. The number of halogens is 1. The maximum atomic E-state index is 13.6. The van der Waals surface area contributed by atoms with Crippen LogP contribution < -0.4 is 24.1 Å². The second kappa shape index (κ2) is 12.1. The van der Waals surface area contributed by atoms with E-state index in [0.717, 1.165) is 25.6 Å². The topological polar surface area (TPSA) is 101 Å². The highest BCUT2D eigenvalue weighted by molar-refractivity contribution is 9.10. The molecule has 3 aromatic rings. The molecule has 11 heteroatoms. The van der Waals surface area contributed by atoms with Gasteiger partial charge in [0.05, 0.1) is 36.7 Å². The molecule has 0 atom stereocenters. The minimum Gasteiger partial charge on any atom is -0.493 e. The van der Waals surface area contributed by atoms with Crippen LogP contribution in [-0.4, -0.2) is 55.4 Å². The van der Waals surface area contributed by atoms with Gasteiger partial charge >= 0.3 is 0 Å². The van der Waals surface area contributed by atoms with Gasteiger partial charge in [0.1, 0.15) is 6.54 Å². The molecule has 0 saturated heterocycles. The van der Waals surface area contributed by atoms with Crippen LogP contribution in [0.1, 0.15) is 11.1 Å². The lowest BCUT2D eigenvalue weighted by atomic mass is 10.2. The molecule has 196 valence electrons. The number of hydrogen-bond donors (Lipinski definition) is 1. The summed E-state index contributed by atoms with van der Waals surface area (Å²) in [6, 6.07) is 16.7. The molecule has 0 unspecified atom stereocenters. The van der Waals surface area contributed by atoms with E-state index >= 15 is 0 Å². The number of methoxy groups -OCH3 is 2.